The van der Waals surface area contributed by atoms with Crippen LogP contribution >= 0.6 is 0 Å². The van der Waals surface area contributed by atoms with E-state index < -0.39 is 6.04 Å². The number of aromatic nitrogens is 4. The van der Waals surface area contributed by atoms with Gasteiger partial charge in [-0.1, -0.05) is 53.7 Å². The summed E-state index contributed by atoms with van der Waals surface area (Å²) in [4.78, 5) is 17.1. The summed E-state index contributed by atoms with van der Waals surface area (Å²) in [6, 6.07) is 20.0. The van der Waals surface area contributed by atoms with E-state index in [4.69, 9.17) is 0 Å². The van der Waals surface area contributed by atoms with Crippen LogP contribution in [0.1, 0.15) is 27.5 Å². The summed E-state index contributed by atoms with van der Waals surface area (Å²) in [5.74, 6) is -0.249. The summed E-state index contributed by atoms with van der Waals surface area (Å²) >= 11 is 0. The highest BCUT2D eigenvalue weighted by Crippen LogP contribution is 2.17. The summed E-state index contributed by atoms with van der Waals surface area (Å²) in [7, 11) is 0. The minimum absolute atomic E-state index is 0.185. The first-order valence-electron chi connectivity index (χ1n) is 9.59. The van der Waals surface area contributed by atoms with Gasteiger partial charge in [0.1, 0.15) is 5.69 Å². The van der Waals surface area contributed by atoms with E-state index in [9.17, 15) is 9.90 Å². The summed E-state index contributed by atoms with van der Waals surface area (Å²) in [6.45, 7) is 0.210. The number of aliphatic hydroxyl groups is 1. The van der Waals surface area contributed by atoms with Crippen LogP contribution in [0, 0.1) is 0 Å². The molecule has 0 aliphatic carbocycles. The average Bonchev–Trinajstić information content (AvgIpc) is 3.27. The highest BCUT2D eigenvalue weighted by molar-refractivity contribution is 5.96. The highest BCUT2D eigenvalue weighted by Gasteiger charge is 2.17. The first-order valence-corrected chi connectivity index (χ1v) is 9.59. The van der Waals surface area contributed by atoms with Crippen LogP contribution in [-0.4, -0.2) is 37.6 Å². The third-order valence-corrected chi connectivity index (χ3v) is 4.78. The van der Waals surface area contributed by atoms with Gasteiger partial charge in [-0.25, -0.2) is 4.68 Å². The van der Waals surface area contributed by atoms with Crippen molar-refractivity contribution >= 4 is 5.91 Å². The molecule has 0 aliphatic rings. The van der Waals surface area contributed by atoms with Crippen LogP contribution in [0.4, 0.5) is 0 Å². The van der Waals surface area contributed by atoms with Gasteiger partial charge in [0.25, 0.3) is 5.91 Å². The van der Waals surface area contributed by atoms with E-state index in [1.54, 1.807) is 23.1 Å². The maximum atomic E-state index is 12.9. The van der Waals surface area contributed by atoms with Gasteiger partial charge in [-0.05, 0) is 29.3 Å². The first kappa shape index (κ1) is 19.5. The van der Waals surface area contributed by atoms with Gasteiger partial charge >= 0.3 is 0 Å². The number of hydrogen-bond acceptors (Lipinski definition) is 5. The molecule has 2 heterocycles. The monoisotopic (exact) mass is 399 g/mol. The Balaban J connectivity index is 1.53. The van der Waals surface area contributed by atoms with Gasteiger partial charge in [-0.3, -0.25) is 9.78 Å². The predicted molar refractivity (Wildman–Crippen MR) is 113 cm³/mol. The summed E-state index contributed by atoms with van der Waals surface area (Å²) in [5, 5.41) is 21.0. The fraction of sp³-hybridized carbons (Fsp3) is 0.130. The number of aliphatic hydroxyl groups excluding tert-OH is 1. The molecule has 4 aromatic rings. The average molecular weight is 399 g/mol. The summed E-state index contributed by atoms with van der Waals surface area (Å²) in [6.07, 6.45) is 5.26. The molecule has 0 saturated heterocycles. The van der Waals surface area contributed by atoms with Gasteiger partial charge in [0.05, 0.1) is 25.4 Å². The highest BCUT2D eigenvalue weighted by atomic mass is 16.3. The van der Waals surface area contributed by atoms with Gasteiger partial charge in [0.15, 0.2) is 0 Å². The lowest BCUT2D eigenvalue weighted by atomic mass is 10.0. The normalized spacial score (nSPS) is 11.8. The van der Waals surface area contributed by atoms with E-state index in [2.05, 4.69) is 20.6 Å². The lowest BCUT2D eigenvalue weighted by Crippen LogP contribution is -2.31. The number of nitrogens with one attached hydrogen (secondary N) is 1. The van der Waals surface area contributed by atoms with Crippen molar-refractivity contribution in [3.8, 4) is 11.3 Å². The number of benzene rings is 2. The fourth-order valence-electron chi connectivity index (χ4n) is 3.23. The molecule has 0 saturated carbocycles. The molecule has 7 heteroatoms. The van der Waals surface area contributed by atoms with E-state index in [0.29, 0.717) is 12.1 Å². The Bertz CT molecular complexity index is 1110. The quantitative estimate of drug-likeness (QED) is 0.498. The van der Waals surface area contributed by atoms with Crippen molar-refractivity contribution in [3.63, 3.8) is 0 Å². The van der Waals surface area contributed by atoms with Gasteiger partial charge in [-0.15, -0.1) is 5.10 Å². The zero-order valence-corrected chi connectivity index (χ0v) is 16.2. The number of carbonyl (C=O) groups is 1. The molecule has 0 unspecified atom stereocenters. The second kappa shape index (κ2) is 9.11. The van der Waals surface area contributed by atoms with Crippen LogP contribution in [-0.2, 0) is 6.54 Å². The molecular weight excluding hydrogens is 378 g/mol. The van der Waals surface area contributed by atoms with E-state index in [-0.39, 0.29) is 12.5 Å². The second-order valence-electron chi connectivity index (χ2n) is 6.82. The first-order chi connectivity index (χ1) is 14.7. The molecule has 0 radical (unpaired) electrons. The van der Waals surface area contributed by atoms with Gasteiger partial charge in [0.2, 0.25) is 0 Å². The van der Waals surface area contributed by atoms with E-state index in [1.807, 2.05) is 66.9 Å². The molecule has 2 aromatic carbocycles. The van der Waals surface area contributed by atoms with Gasteiger partial charge < -0.3 is 10.4 Å². The summed E-state index contributed by atoms with van der Waals surface area (Å²) in [5.41, 5.74) is 3.79. The largest absolute Gasteiger partial charge is 0.394 e. The van der Waals surface area contributed by atoms with Crippen molar-refractivity contribution < 1.29 is 9.90 Å². The third-order valence-electron chi connectivity index (χ3n) is 4.78. The van der Waals surface area contributed by atoms with Crippen molar-refractivity contribution in [2.75, 3.05) is 6.61 Å². The maximum Gasteiger partial charge on any atom is 0.252 e. The van der Waals surface area contributed by atoms with Crippen molar-refractivity contribution in [1.82, 2.24) is 25.3 Å². The number of hydrogen-bond donors (Lipinski definition) is 2. The minimum Gasteiger partial charge on any atom is -0.394 e. The van der Waals surface area contributed by atoms with Crippen molar-refractivity contribution in [2.45, 2.75) is 12.6 Å². The van der Waals surface area contributed by atoms with Crippen LogP contribution in [0.5, 0.6) is 0 Å². The van der Waals surface area contributed by atoms with Crippen LogP contribution in [0.3, 0.4) is 0 Å². The Morgan fingerprint density at radius 3 is 2.60 bits per heavy atom. The molecule has 4 rings (SSSR count). The Morgan fingerprint density at radius 1 is 1.03 bits per heavy atom. The van der Waals surface area contributed by atoms with Gasteiger partial charge in [-0.2, -0.15) is 0 Å². The zero-order chi connectivity index (χ0) is 20.8. The molecule has 0 aliphatic heterocycles. The molecule has 1 atom stereocenters. The van der Waals surface area contributed by atoms with Gasteiger partial charge in [0, 0.05) is 23.5 Å². The van der Waals surface area contributed by atoms with Crippen LogP contribution in [0.2, 0.25) is 0 Å². The minimum atomic E-state index is -0.477. The van der Waals surface area contributed by atoms with Crippen molar-refractivity contribution in [3.05, 3.63) is 102 Å². The molecule has 2 N–H and O–H groups in total. The van der Waals surface area contributed by atoms with Crippen molar-refractivity contribution in [1.29, 1.82) is 0 Å². The number of nitrogens with zero attached hydrogens (tertiary/aromatic N) is 4. The Morgan fingerprint density at radius 2 is 1.83 bits per heavy atom. The molecule has 150 valence electrons. The lowest BCUT2D eigenvalue weighted by molar-refractivity contribution is 0.0915. The van der Waals surface area contributed by atoms with Crippen LogP contribution in [0.25, 0.3) is 11.3 Å². The van der Waals surface area contributed by atoms with Crippen LogP contribution < -0.4 is 5.32 Å². The maximum absolute atomic E-state index is 12.9. The van der Waals surface area contributed by atoms with E-state index >= 15 is 0 Å². The molecule has 2 aromatic heterocycles. The Labute approximate surface area is 174 Å². The molecule has 0 bridgehead atoms. The predicted octanol–water partition coefficient (Wildman–Crippen LogP) is 2.85. The SMILES string of the molecule is O=C(N[C@H](CO)c1ccccc1)c1ccccc1Cn1cc(-c2cccnc2)nn1. The van der Waals surface area contributed by atoms with Crippen LogP contribution in [0.15, 0.2) is 85.3 Å². The Kier molecular flexibility index (Phi) is 5.91. The smallest absolute Gasteiger partial charge is 0.252 e. The number of amides is 1. The molecule has 0 fully saturated rings. The summed E-state index contributed by atoms with van der Waals surface area (Å²) < 4.78 is 1.69. The fourth-order valence-corrected chi connectivity index (χ4v) is 3.23. The molecule has 1 amide bonds. The third kappa shape index (κ3) is 4.42. The number of pyridine rings is 1. The zero-order valence-electron chi connectivity index (χ0n) is 16.2. The molecule has 0 spiro atoms. The van der Waals surface area contributed by atoms with E-state index in [0.717, 1.165) is 22.4 Å². The molecular formula is C23H21N5O2. The van der Waals surface area contributed by atoms with Crippen molar-refractivity contribution in [2.24, 2.45) is 0 Å². The topological polar surface area (TPSA) is 92.9 Å². The standard InChI is InChI=1S/C23H21N5O2/c29-16-22(17-7-2-1-3-8-17)25-23(30)20-11-5-4-9-19(20)14-28-15-21(26-27-28)18-10-6-12-24-13-18/h1-13,15,22,29H,14,16H2,(H,25,30)/t22-/m1/s1. The molecule has 7 nitrogen and oxygen atoms in total. The van der Waals surface area contributed by atoms with E-state index in [1.165, 1.54) is 0 Å². The lowest BCUT2D eigenvalue weighted by Gasteiger charge is -2.18. The second-order valence-corrected chi connectivity index (χ2v) is 6.82. The molecule has 30 heavy (non-hydrogen) atoms. The Hall–Kier alpha value is -3.84. The number of rotatable bonds is 7. The number of carbonyl (C=O) groups excluding carboxylic acids is 1.